The molecule has 0 aliphatic carbocycles. The fourth-order valence-electron chi connectivity index (χ4n) is 4.50. The van der Waals surface area contributed by atoms with Crippen LogP contribution in [0, 0.1) is 0 Å². The zero-order chi connectivity index (χ0) is 19.5. The van der Waals surface area contributed by atoms with Crippen LogP contribution in [-0.4, -0.2) is 42.7 Å². The minimum absolute atomic E-state index is 0.268. The van der Waals surface area contributed by atoms with Gasteiger partial charge in [-0.3, -0.25) is 4.90 Å². The monoisotopic (exact) mass is 385 g/mol. The van der Waals surface area contributed by atoms with Crippen LogP contribution in [0.1, 0.15) is 28.4 Å². The van der Waals surface area contributed by atoms with Gasteiger partial charge >= 0.3 is 0 Å². The van der Waals surface area contributed by atoms with Gasteiger partial charge < -0.3 is 9.64 Å². The molecule has 1 aromatic heterocycles. The predicted octanol–water partition coefficient (Wildman–Crippen LogP) is 4.07. The Hall–Kier alpha value is -2.69. The molecule has 3 aromatic rings. The fourth-order valence-corrected chi connectivity index (χ4v) is 4.50. The number of ether oxygens (including phenoxy) is 1. The van der Waals surface area contributed by atoms with Crippen molar-refractivity contribution in [1.29, 1.82) is 0 Å². The predicted molar refractivity (Wildman–Crippen MR) is 116 cm³/mol. The molecule has 0 amide bonds. The maximum atomic E-state index is 5.48. The average Bonchev–Trinajstić information content (AvgIpc) is 2.81. The molecule has 2 aliphatic heterocycles. The number of anilines is 1. The highest BCUT2D eigenvalue weighted by molar-refractivity contribution is 5.43. The van der Waals surface area contributed by atoms with Crippen molar-refractivity contribution in [2.45, 2.75) is 19.0 Å². The van der Waals surface area contributed by atoms with E-state index in [0.29, 0.717) is 0 Å². The van der Waals surface area contributed by atoms with Crippen LogP contribution in [0.15, 0.2) is 72.8 Å². The lowest BCUT2D eigenvalue weighted by Gasteiger charge is -2.36. The summed E-state index contributed by atoms with van der Waals surface area (Å²) < 4.78 is 5.48. The smallest absolute Gasteiger partial charge is 0.128 e. The SMILES string of the molecule is c1ccc(C(c2ccccc2)N2CCc3nc(N4CCOCC4)ccc3C2)cc1. The van der Waals surface area contributed by atoms with E-state index in [-0.39, 0.29) is 6.04 Å². The van der Waals surface area contributed by atoms with E-state index in [0.717, 1.165) is 51.6 Å². The van der Waals surface area contributed by atoms with Crippen LogP contribution in [0.2, 0.25) is 0 Å². The molecule has 5 rings (SSSR count). The number of nitrogens with zero attached hydrogens (tertiary/aromatic N) is 3. The van der Waals surface area contributed by atoms with Crippen LogP contribution in [0.4, 0.5) is 5.82 Å². The second-order valence-electron chi connectivity index (χ2n) is 7.82. The molecule has 0 spiro atoms. The molecule has 3 heterocycles. The lowest BCUT2D eigenvalue weighted by atomic mass is 9.94. The first kappa shape index (κ1) is 18.3. The summed E-state index contributed by atoms with van der Waals surface area (Å²) in [6.07, 6.45) is 0.990. The van der Waals surface area contributed by atoms with Crippen LogP contribution in [0.25, 0.3) is 0 Å². The topological polar surface area (TPSA) is 28.6 Å². The van der Waals surface area contributed by atoms with Gasteiger partial charge in [-0.2, -0.15) is 0 Å². The third kappa shape index (κ3) is 3.91. The second-order valence-corrected chi connectivity index (χ2v) is 7.82. The molecule has 29 heavy (non-hydrogen) atoms. The van der Waals surface area contributed by atoms with Gasteiger partial charge in [-0.15, -0.1) is 0 Å². The molecule has 4 nitrogen and oxygen atoms in total. The van der Waals surface area contributed by atoms with Crippen molar-refractivity contribution in [2.24, 2.45) is 0 Å². The molecule has 0 radical (unpaired) electrons. The molecular weight excluding hydrogens is 358 g/mol. The normalized spacial score (nSPS) is 17.3. The highest BCUT2D eigenvalue weighted by Crippen LogP contribution is 2.33. The number of rotatable bonds is 4. The molecule has 0 bridgehead atoms. The first-order chi connectivity index (χ1) is 14.4. The number of morpholine rings is 1. The highest BCUT2D eigenvalue weighted by atomic mass is 16.5. The number of hydrogen-bond donors (Lipinski definition) is 0. The van der Waals surface area contributed by atoms with E-state index >= 15 is 0 Å². The number of fused-ring (bicyclic) bond motifs is 1. The van der Waals surface area contributed by atoms with Gasteiger partial charge in [0, 0.05) is 38.3 Å². The van der Waals surface area contributed by atoms with Gasteiger partial charge in [0.05, 0.1) is 19.3 Å². The molecule has 1 saturated heterocycles. The maximum Gasteiger partial charge on any atom is 0.128 e. The van der Waals surface area contributed by atoms with Gasteiger partial charge in [0.2, 0.25) is 0 Å². The van der Waals surface area contributed by atoms with Crippen molar-refractivity contribution in [2.75, 3.05) is 37.7 Å². The summed E-state index contributed by atoms with van der Waals surface area (Å²) in [6, 6.07) is 26.4. The Bertz CT molecular complexity index is 899. The summed E-state index contributed by atoms with van der Waals surface area (Å²) >= 11 is 0. The van der Waals surface area contributed by atoms with Crippen LogP contribution in [-0.2, 0) is 17.7 Å². The number of pyridine rings is 1. The van der Waals surface area contributed by atoms with Gasteiger partial charge in [-0.1, -0.05) is 66.7 Å². The molecule has 2 aliphatic rings. The summed E-state index contributed by atoms with van der Waals surface area (Å²) in [6.45, 7) is 5.40. The Labute approximate surface area is 172 Å². The summed E-state index contributed by atoms with van der Waals surface area (Å²) in [5.74, 6) is 1.10. The molecule has 0 atom stereocenters. The molecule has 0 saturated carbocycles. The first-order valence-corrected chi connectivity index (χ1v) is 10.5. The van der Waals surface area contributed by atoms with Crippen LogP contribution in [0.5, 0.6) is 0 Å². The van der Waals surface area contributed by atoms with Crippen molar-refractivity contribution in [3.05, 3.63) is 95.2 Å². The van der Waals surface area contributed by atoms with E-state index in [1.807, 2.05) is 0 Å². The van der Waals surface area contributed by atoms with E-state index in [2.05, 4.69) is 82.6 Å². The van der Waals surface area contributed by atoms with Crippen molar-refractivity contribution >= 4 is 5.82 Å². The third-order valence-electron chi connectivity index (χ3n) is 5.99. The van der Waals surface area contributed by atoms with E-state index in [9.17, 15) is 0 Å². The van der Waals surface area contributed by atoms with E-state index in [1.165, 1.54) is 22.4 Å². The van der Waals surface area contributed by atoms with E-state index in [1.54, 1.807) is 0 Å². The molecule has 4 heteroatoms. The summed E-state index contributed by atoms with van der Waals surface area (Å²) in [4.78, 5) is 9.95. The Morgan fingerprint density at radius 3 is 2.07 bits per heavy atom. The Balaban J connectivity index is 1.42. The fraction of sp³-hybridized carbons (Fsp3) is 0.320. The van der Waals surface area contributed by atoms with Gasteiger partial charge in [-0.05, 0) is 22.8 Å². The highest BCUT2D eigenvalue weighted by Gasteiger charge is 2.27. The summed E-state index contributed by atoms with van der Waals surface area (Å²) in [7, 11) is 0. The van der Waals surface area contributed by atoms with Crippen LogP contribution in [0.3, 0.4) is 0 Å². The Kier molecular flexibility index (Phi) is 5.29. The number of benzene rings is 2. The van der Waals surface area contributed by atoms with Crippen molar-refractivity contribution in [3.63, 3.8) is 0 Å². The molecular formula is C25H27N3O. The molecule has 2 aromatic carbocycles. The van der Waals surface area contributed by atoms with Crippen LogP contribution >= 0.6 is 0 Å². The molecule has 0 unspecified atom stereocenters. The van der Waals surface area contributed by atoms with Gasteiger partial charge in [0.15, 0.2) is 0 Å². The molecule has 148 valence electrons. The first-order valence-electron chi connectivity index (χ1n) is 10.5. The summed E-state index contributed by atoms with van der Waals surface area (Å²) in [5, 5.41) is 0. The number of aromatic nitrogens is 1. The van der Waals surface area contributed by atoms with Crippen molar-refractivity contribution in [1.82, 2.24) is 9.88 Å². The second kappa shape index (κ2) is 8.36. The standard InChI is InChI=1S/C25H27N3O/c1-3-7-20(8-4-1)25(21-9-5-2-6-10-21)28-14-13-23-22(19-28)11-12-24(26-23)27-15-17-29-18-16-27/h1-12,25H,13-19H2. The molecule has 0 N–H and O–H groups in total. The van der Waals surface area contributed by atoms with Gasteiger partial charge in [-0.25, -0.2) is 4.98 Å². The van der Waals surface area contributed by atoms with Gasteiger partial charge in [0.1, 0.15) is 5.82 Å². The lowest BCUT2D eigenvalue weighted by molar-refractivity contribution is 0.122. The minimum atomic E-state index is 0.268. The summed E-state index contributed by atoms with van der Waals surface area (Å²) in [5.41, 5.74) is 5.30. The number of hydrogen-bond acceptors (Lipinski definition) is 4. The van der Waals surface area contributed by atoms with E-state index < -0.39 is 0 Å². The quantitative estimate of drug-likeness (QED) is 0.677. The minimum Gasteiger partial charge on any atom is -0.378 e. The zero-order valence-corrected chi connectivity index (χ0v) is 16.7. The zero-order valence-electron chi connectivity index (χ0n) is 16.7. The average molecular weight is 386 g/mol. The lowest BCUT2D eigenvalue weighted by Crippen LogP contribution is -2.38. The third-order valence-corrected chi connectivity index (χ3v) is 5.99. The maximum absolute atomic E-state index is 5.48. The van der Waals surface area contributed by atoms with Crippen molar-refractivity contribution < 1.29 is 4.74 Å². The van der Waals surface area contributed by atoms with Crippen molar-refractivity contribution in [3.8, 4) is 0 Å². The Morgan fingerprint density at radius 2 is 1.41 bits per heavy atom. The van der Waals surface area contributed by atoms with Gasteiger partial charge in [0.25, 0.3) is 0 Å². The van der Waals surface area contributed by atoms with Crippen LogP contribution < -0.4 is 4.90 Å². The molecule has 1 fully saturated rings. The van der Waals surface area contributed by atoms with E-state index in [4.69, 9.17) is 9.72 Å². The largest absolute Gasteiger partial charge is 0.378 e. The Morgan fingerprint density at radius 1 is 0.759 bits per heavy atom.